The van der Waals surface area contributed by atoms with E-state index in [0.29, 0.717) is 26.5 Å². The van der Waals surface area contributed by atoms with E-state index in [1.54, 1.807) is 24.3 Å². The molecule has 0 saturated heterocycles. The Bertz CT molecular complexity index is 648. The average Bonchev–Trinajstić information content (AvgIpc) is 2.53. The van der Waals surface area contributed by atoms with Gasteiger partial charge in [0, 0.05) is 16.1 Å². The van der Waals surface area contributed by atoms with Crippen molar-refractivity contribution in [3.63, 3.8) is 0 Å². The SMILES string of the molecule is CCO/C(=C(\I)C(=O)c1ccc(Cl)cc1)c1ccccc1. The highest BCUT2D eigenvalue weighted by molar-refractivity contribution is 14.1. The molecule has 0 unspecified atom stereocenters. The summed E-state index contributed by atoms with van der Waals surface area (Å²) in [6, 6.07) is 16.5. The van der Waals surface area contributed by atoms with E-state index in [-0.39, 0.29) is 5.78 Å². The lowest BCUT2D eigenvalue weighted by molar-refractivity contribution is 0.104. The molecule has 2 aromatic carbocycles. The van der Waals surface area contributed by atoms with Crippen LogP contribution in [-0.4, -0.2) is 12.4 Å². The normalized spacial score (nSPS) is 11.8. The van der Waals surface area contributed by atoms with Gasteiger partial charge in [0.1, 0.15) is 9.34 Å². The van der Waals surface area contributed by atoms with Crippen molar-refractivity contribution in [2.75, 3.05) is 6.61 Å². The fraction of sp³-hybridized carbons (Fsp3) is 0.118. The maximum atomic E-state index is 12.6. The molecule has 4 heteroatoms. The molecular formula is C17H14ClIO2. The van der Waals surface area contributed by atoms with Crippen LogP contribution in [0, 0.1) is 0 Å². The molecule has 2 nitrogen and oxygen atoms in total. The van der Waals surface area contributed by atoms with E-state index < -0.39 is 0 Å². The lowest BCUT2D eigenvalue weighted by Crippen LogP contribution is -2.04. The first-order valence-corrected chi connectivity index (χ1v) is 7.97. The monoisotopic (exact) mass is 412 g/mol. The lowest BCUT2D eigenvalue weighted by Gasteiger charge is -2.11. The van der Waals surface area contributed by atoms with Crippen molar-refractivity contribution in [2.45, 2.75) is 6.92 Å². The van der Waals surface area contributed by atoms with E-state index in [4.69, 9.17) is 16.3 Å². The molecule has 0 fully saturated rings. The number of allylic oxidation sites excluding steroid dienone is 1. The highest BCUT2D eigenvalue weighted by atomic mass is 127. The Labute approximate surface area is 142 Å². The molecule has 0 aliphatic rings. The highest BCUT2D eigenvalue weighted by Gasteiger charge is 2.17. The van der Waals surface area contributed by atoms with E-state index >= 15 is 0 Å². The molecule has 21 heavy (non-hydrogen) atoms. The predicted molar refractivity (Wildman–Crippen MR) is 94.8 cm³/mol. The van der Waals surface area contributed by atoms with Crippen LogP contribution < -0.4 is 0 Å². The summed E-state index contributed by atoms with van der Waals surface area (Å²) in [7, 11) is 0. The standard InChI is InChI=1S/C17H14ClIO2/c1-2-21-17(13-6-4-3-5-7-13)15(19)16(20)12-8-10-14(18)11-9-12/h3-11H,2H2,1H3/b17-15-. The van der Waals surface area contributed by atoms with Gasteiger partial charge in [-0.3, -0.25) is 4.79 Å². The molecule has 0 amide bonds. The fourth-order valence-corrected chi connectivity index (χ4v) is 2.74. The van der Waals surface area contributed by atoms with Gasteiger partial charge >= 0.3 is 0 Å². The van der Waals surface area contributed by atoms with Crippen LogP contribution in [0.2, 0.25) is 5.02 Å². The van der Waals surface area contributed by atoms with Gasteiger partial charge in [-0.15, -0.1) is 0 Å². The van der Waals surface area contributed by atoms with Crippen LogP contribution in [-0.2, 0) is 4.74 Å². The Morgan fingerprint density at radius 3 is 2.24 bits per heavy atom. The number of benzene rings is 2. The molecule has 0 bridgehead atoms. The number of hydrogen-bond acceptors (Lipinski definition) is 2. The number of hydrogen-bond donors (Lipinski definition) is 0. The molecule has 0 radical (unpaired) electrons. The summed E-state index contributed by atoms with van der Waals surface area (Å²) >= 11 is 7.89. The third kappa shape index (κ3) is 4.08. The van der Waals surface area contributed by atoms with Crippen molar-refractivity contribution in [3.05, 3.63) is 74.3 Å². The van der Waals surface area contributed by atoms with Crippen LogP contribution in [0.15, 0.2) is 58.2 Å². The first-order valence-electron chi connectivity index (χ1n) is 6.51. The number of halogens is 2. The Hall–Kier alpha value is -1.33. The molecule has 0 aliphatic heterocycles. The molecule has 2 rings (SSSR count). The molecule has 2 aromatic rings. The summed E-state index contributed by atoms with van der Waals surface area (Å²) in [5.41, 5.74) is 1.49. The third-order valence-electron chi connectivity index (χ3n) is 2.83. The quantitative estimate of drug-likeness (QED) is 0.286. The number of rotatable bonds is 5. The number of ketones is 1. The molecular weight excluding hydrogens is 399 g/mol. The van der Waals surface area contributed by atoms with Gasteiger partial charge in [-0.1, -0.05) is 41.9 Å². The number of Topliss-reactive ketones (excluding diaryl/α,β-unsaturated/α-hetero) is 1. The zero-order chi connectivity index (χ0) is 15.2. The average molecular weight is 413 g/mol. The van der Waals surface area contributed by atoms with Gasteiger partial charge in [0.15, 0.2) is 0 Å². The summed E-state index contributed by atoms with van der Waals surface area (Å²) in [5, 5.41) is 0.610. The third-order valence-corrected chi connectivity index (χ3v) is 4.06. The minimum atomic E-state index is -0.0698. The maximum Gasteiger partial charge on any atom is 0.202 e. The van der Waals surface area contributed by atoms with Crippen LogP contribution in [0.4, 0.5) is 0 Å². The summed E-state index contributed by atoms with van der Waals surface area (Å²) in [6.45, 7) is 2.41. The molecule has 0 atom stereocenters. The molecule has 0 N–H and O–H groups in total. The summed E-state index contributed by atoms with van der Waals surface area (Å²) < 4.78 is 6.24. The zero-order valence-corrected chi connectivity index (χ0v) is 14.4. The van der Waals surface area contributed by atoms with Crippen LogP contribution in [0.25, 0.3) is 5.76 Å². The smallest absolute Gasteiger partial charge is 0.202 e. The lowest BCUT2D eigenvalue weighted by atomic mass is 10.1. The molecule has 0 spiro atoms. The minimum absolute atomic E-state index is 0.0698. The van der Waals surface area contributed by atoms with Gasteiger partial charge in [0.2, 0.25) is 5.78 Å². The van der Waals surface area contributed by atoms with E-state index in [0.717, 1.165) is 5.56 Å². The van der Waals surface area contributed by atoms with Crippen molar-refractivity contribution in [1.82, 2.24) is 0 Å². The van der Waals surface area contributed by atoms with E-state index in [1.165, 1.54) is 0 Å². The molecule has 108 valence electrons. The van der Waals surface area contributed by atoms with Crippen LogP contribution >= 0.6 is 34.2 Å². The molecule has 0 aromatic heterocycles. The summed E-state index contributed by atoms with van der Waals surface area (Å²) in [4.78, 5) is 12.6. The van der Waals surface area contributed by atoms with Gasteiger partial charge in [-0.05, 0) is 53.8 Å². The first-order chi connectivity index (χ1) is 10.1. The first kappa shape index (κ1) is 16.0. The van der Waals surface area contributed by atoms with Crippen molar-refractivity contribution < 1.29 is 9.53 Å². The fourth-order valence-electron chi connectivity index (χ4n) is 1.84. The van der Waals surface area contributed by atoms with Gasteiger partial charge in [-0.2, -0.15) is 0 Å². The Balaban J connectivity index is 2.42. The molecule has 0 saturated carbocycles. The van der Waals surface area contributed by atoms with E-state index in [1.807, 2.05) is 59.8 Å². The number of ether oxygens (including phenoxy) is 1. The summed E-state index contributed by atoms with van der Waals surface area (Å²) in [5.74, 6) is 0.540. The van der Waals surface area contributed by atoms with E-state index in [9.17, 15) is 4.79 Å². The van der Waals surface area contributed by atoms with Crippen molar-refractivity contribution >= 4 is 45.7 Å². The second-order valence-electron chi connectivity index (χ2n) is 4.28. The van der Waals surface area contributed by atoms with Crippen LogP contribution in [0.5, 0.6) is 0 Å². The van der Waals surface area contributed by atoms with Crippen molar-refractivity contribution in [2.24, 2.45) is 0 Å². The second-order valence-corrected chi connectivity index (χ2v) is 5.79. The summed E-state index contributed by atoms with van der Waals surface area (Å²) in [6.07, 6.45) is 0. The zero-order valence-electron chi connectivity index (χ0n) is 11.5. The van der Waals surface area contributed by atoms with Gasteiger partial charge < -0.3 is 4.74 Å². The maximum absolute atomic E-state index is 12.6. The number of carbonyl (C=O) groups is 1. The highest BCUT2D eigenvalue weighted by Crippen LogP contribution is 2.27. The van der Waals surface area contributed by atoms with Crippen LogP contribution in [0.3, 0.4) is 0 Å². The Kier molecular flexibility index (Phi) is 5.82. The van der Waals surface area contributed by atoms with Gasteiger partial charge in [-0.25, -0.2) is 0 Å². The van der Waals surface area contributed by atoms with E-state index in [2.05, 4.69) is 0 Å². The second kappa shape index (κ2) is 7.61. The molecule has 0 heterocycles. The van der Waals surface area contributed by atoms with Gasteiger partial charge in [0.05, 0.1) is 6.61 Å². The molecule has 0 aliphatic carbocycles. The number of carbonyl (C=O) groups excluding carboxylic acids is 1. The van der Waals surface area contributed by atoms with Crippen molar-refractivity contribution in [1.29, 1.82) is 0 Å². The van der Waals surface area contributed by atoms with Gasteiger partial charge in [0.25, 0.3) is 0 Å². The van der Waals surface area contributed by atoms with Crippen molar-refractivity contribution in [3.8, 4) is 0 Å². The largest absolute Gasteiger partial charge is 0.492 e. The Morgan fingerprint density at radius 2 is 1.67 bits per heavy atom. The Morgan fingerprint density at radius 1 is 1.05 bits per heavy atom. The minimum Gasteiger partial charge on any atom is -0.492 e. The predicted octanol–water partition coefficient (Wildman–Crippen LogP) is 5.36. The topological polar surface area (TPSA) is 26.3 Å². The van der Waals surface area contributed by atoms with Crippen LogP contribution in [0.1, 0.15) is 22.8 Å².